The van der Waals surface area contributed by atoms with Crippen LogP contribution in [0.5, 0.6) is 0 Å². The van der Waals surface area contributed by atoms with E-state index in [1.807, 2.05) is 68.5 Å². The van der Waals surface area contributed by atoms with Gasteiger partial charge in [0.2, 0.25) is 5.91 Å². The van der Waals surface area contributed by atoms with Crippen molar-refractivity contribution in [3.63, 3.8) is 0 Å². The van der Waals surface area contributed by atoms with Gasteiger partial charge < -0.3 is 31.2 Å². The maximum absolute atomic E-state index is 14.1. The Labute approximate surface area is 258 Å². The second-order valence-electron chi connectivity index (χ2n) is 12.1. The number of nitrogens with one attached hydrogen (secondary N) is 3. The van der Waals surface area contributed by atoms with Crippen molar-refractivity contribution in [2.24, 2.45) is 5.73 Å². The van der Waals surface area contributed by atoms with Crippen molar-refractivity contribution in [3.05, 3.63) is 101 Å². The minimum absolute atomic E-state index is 0.212. The maximum atomic E-state index is 14.1. The van der Waals surface area contributed by atoms with Crippen molar-refractivity contribution in [1.82, 2.24) is 20.1 Å². The molecule has 2 heterocycles. The fourth-order valence-corrected chi connectivity index (χ4v) is 6.31. The Morgan fingerprint density at radius 3 is 2.43 bits per heavy atom. The lowest BCUT2D eigenvalue weighted by molar-refractivity contribution is -0.118. The van der Waals surface area contributed by atoms with Crippen molar-refractivity contribution in [2.75, 3.05) is 32.5 Å². The molecule has 0 radical (unpaired) electrons. The summed E-state index contributed by atoms with van der Waals surface area (Å²) in [5.74, 6) is -1.05. The lowest BCUT2D eigenvalue weighted by atomic mass is 9.87. The molecule has 4 amide bonds. The van der Waals surface area contributed by atoms with Gasteiger partial charge in [-0.15, -0.1) is 0 Å². The lowest BCUT2D eigenvalue weighted by Gasteiger charge is -2.34. The Morgan fingerprint density at radius 1 is 1.02 bits per heavy atom. The summed E-state index contributed by atoms with van der Waals surface area (Å²) in [5, 5.41) is 6.98. The smallest absolute Gasteiger partial charge is 0.318 e. The van der Waals surface area contributed by atoms with Gasteiger partial charge >= 0.3 is 6.03 Å². The maximum Gasteiger partial charge on any atom is 0.318 e. The van der Waals surface area contributed by atoms with Crippen LogP contribution >= 0.6 is 0 Å². The number of aryl methyl sites for hydroxylation is 1. The summed E-state index contributed by atoms with van der Waals surface area (Å²) in [7, 11) is 3.89. The molecule has 9 heteroatoms. The molecule has 0 unspecified atom stereocenters. The molecule has 5 N–H and O–H groups in total. The van der Waals surface area contributed by atoms with Crippen LogP contribution in [0.3, 0.4) is 0 Å². The fraction of sp³-hybridized carbons (Fsp3) is 0.343. The molecule has 0 saturated carbocycles. The highest BCUT2D eigenvalue weighted by Crippen LogP contribution is 2.32. The third-order valence-electron chi connectivity index (χ3n) is 8.69. The number of para-hydroxylation sites is 1. The molecule has 1 fully saturated rings. The fourth-order valence-electron chi connectivity index (χ4n) is 6.31. The average Bonchev–Trinajstić information content (AvgIpc) is 3.44. The number of anilines is 1. The number of piperidine rings is 1. The Balaban J connectivity index is 1.39. The van der Waals surface area contributed by atoms with E-state index < -0.39 is 17.9 Å². The van der Waals surface area contributed by atoms with E-state index in [-0.39, 0.29) is 17.5 Å². The highest BCUT2D eigenvalue weighted by atomic mass is 16.2. The Hall–Kier alpha value is -4.63. The predicted octanol–water partition coefficient (Wildman–Crippen LogP) is 5.34. The van der Waals surface area contributed by atoms with Crippen molar-refractivity contribution in [2.45, 2.75) is 51.1 Å². The second kappa shape index (κ2) is 13.3. The standard InChI is InChI=1S/C35H42N6O3/c1-22-9-5-6-10-26(22)25-15-17-41(18-16-25)35(44)39-32(23(2)29-20-37-30-12-8-7-11-27(29)30)34(43)38-31-19-24(21-40(3)4)13-14-28(31)33(36)42/h5-14,19-20,23,25,32,37H,15-18,21H2,1-4H3,(H2,36,42)(H,38,43)(H,39,44)/t23-,32+/m0/s1. The molecule has 0 bridgehead atoms. The number of carbonyl (C=O) groups excluding carboxylic acids is 3. The summed E-state index contributed by atoms with van der Waals surface area (Å²) >= 11 is 0. The van der Waals surface area contributed by atoms with Gasteiger partial charge in [-0.1, -0.05) is 55.5 Å². The first kappa shape index (κ1) is 30.8. The molecule has 4 aromatic rings. The van der Waals surface area contributed by atoms with Crippen LogP contribution in [-0.2, 0) is 11.3 Å². The lowest BCUT2D eigenvalue weighted by Crippen LogP contribution is -2.53. The minimum atomic E-state index is -0.922. The van der Waals surface area contributed by atoms with E-state index in [2.05, 4.69) is 40.7 Å². The van der Waals surface area contributed by atoms with E-state index in [0.717, 1.165) is 34.9 Å². The van der Waals surface area contributed by atoms with Gasteiger partial charge in [0.25, 0.3) is 5.91 Å². The summed E-state index contributed by atoms with van der Waals surface area (Å²) in [6, 6.07) is 20.3. The van der Waals surface area contributed by atoms with Crippen molar-refractivity contribution in [1.29, 1.82) is 0 Å². The van der Waals surface area contributed by atoms with Crippen LogP contribution in [0.15, 0.2) is 72.9 Å². The quantitative estimate of drug-likeness (QED) is 0.209. The number of urea groups is 1. The number of rotatable bonds is 9. The number of aromatic amines is 1. The summed E-state index contributed by atoms with van der Waals surface area (Å²) in [4.78, 5) is 47.1. The van der Waals surface area contributed by atoms with Crippen LogP contribution in [-0.4, -0.2) is 65.9 Å². The number of fused-ring (bicyclic) bond motifs is 1. The highest BCUT2D eigenvalue weighted by molar-refractivity contribution is 6.05. The molecule has 1 aromatic heterocycles. The predicted molar refractivity (Wildman–Crippen MR) is 175 cm³/mol. The third-order valence-corrected chi connectivity index (χ3v) is 8.69. The van der Waals surface area contributed by atoms with Crippen LogP contribution in [0.25, 0.3) is 10.9 Å². The van der Waals surface area contributed by atoms with Gasteiger partial charge in [0, 0.05) is 42.7 Å². The highest BCUT2D eigenvalue weighted by Gasteiger charge is 2.33. The molecule has 44 heavy (non-hydrogen) atoms. The second-order valence-corrected chi connectivity index (χ2v) is 12.1. The molecular weight excluding hydrogens is 552 g/mol. The number of nitrogens with zero attached hydrogens (tertiary/aromatic N) is 2. The van der Waals surface area contributed by atoms with Gasteiger partial charge in [-0.2, -0.15) is 0 Å². The molecule has 1 saturated heterocycles. The molecule has 1 aliphatic rings. The number of nitrogens with two attached hydrogens (primary N) is 1. The Bertz CT molecular complexity index is 1650. The molecule has 9 nitrogen and oxygen atoms in total. The van der Waals surface area contributed by atoms with Crippen LogP contribution < -0.4 is 16.4 Å². The van der Waals surface area contributed by atoms with Crippen LogP contribution in [0.4, 0.5) is 10.5 Å². The molecule has 1 aliphatic heterocycles. The van der Waals surface area contributed by atoms with Crippen molar-refractivity contribution < 1.29 is 14.4 Å². The zero-order valence-electron chi connectivity index (χ0n) is 25.9. The molecular formula is C35H42N6O3. The largest absolute Gasteiger partial charge is 0.366 e. The molecule has 0 aliphatic carbocycles. The SMILES string of the molecule is Cc1ccccc1C1CCN(C(=O)N[C@@H](C(=O)Nc2cc(CN(C)C)ccc2C(N)=O)[C@@H](C)c2c[nH]c3ccccc23)CC1. The first-order valence-corrected chi connectivity index (χ1v) is 15.2. The molecule has 230 valence electrons. The number of hydrogen-bond acceptors (Lipinski definition) is 4. The van der Waals surface area contributed by atoms with Gasteiger partial charge in [-0.3, -0.25) is 9.59 Å². The van der Waals surface area contributed by atoms with Gasteiger partial charge in [-0.25, -0.2) is 4.79 Å². The van der Waals surface area contributed by atoms with E-state index in [1.54, 1.807) is 17.0 Å². The van der Waals surface area contributed by atoms with Gasteiger partial charge in [-0.05, 0) is 80.2 Å². The van der Waals surface area contributed by atoms with Crippen LogP contribution in [0, 0.1) is 6.92 Å². The Morgan fingerprint density at radius 2 is 1.73 bits per heavy atom. The number of hydrogen-bond donors (Lipinski definition) is 4. The van der Waals surface area contributed by atoms with Crippen LogP contribution in [0.1, 0.15) is 64.2 Å². The van der Waals surface area contributed by atoms with E-state index in [0.29, 0.717) is 31.2 Å². The minimum Gasteiger partial charge on any atom is -0.366 e. The molecule has 3 aromatic carbocycles. The zero-order valence-corrected chi connectivity index (χ0v) is 25.9. The zero-order chi connectivity index (χ0) is 31.4. The van der Waals surface area contributed by atoms with E-state index in [4.69, 9.17) is 5.73 Å². The number of carbonyl (C=O) groups is 3. The van der Waals surface area contributed by atoms with Gasteiger partial charge in [0.05, 0.1) is 11.3 Å². The summed E-state index contributed by atoms with van der Waals surface area (Å²) < 4.78 is 0. The monoisotopic (exact) mass is 594 g/mol. The number of H-pyrrole nitrogens is 1. The number of amides is 4. The summed E-state index contributed by atoms with van der Waals surface area (Å²) in [5.41, 5.74) is 11.6. The van der Waals surface area contributed by atoms with Crippen molar-refractivity contribution >= 4 is 34.4 Å². The number of benzene rings is 3. The van der Waals surface area contributed by atoms with Gasteiger partial charge in [0.15, 0.2) is 0 Å². The van der Waals surface area contributed by atoms with Crippen molar-refractivity contribution in [3.8, 4) is 0 Å². The first-order chi connectivity index (χ1) is 21.1. The first-order valence-electron chi connectivity index (χ1n) is 15.2. The van der Waals surface area contributed by atoms with E-state index in [9.17, 15) is 14.4 Å². The van der Waals surface area contributed by atoms with Gasteiger partial charge in [0.1, 0.15) is 6.04 Å². The summed E-state index contributed by atoms with van der Waals surface area (Å²) in [6.45, 7) is 5.87. The number of aromatic nitrogens is 1. The van der Waals surface area contributed by atoms with E-state index >= 15 is 0 Å². The summed E-state index contributed by atoms with van der Waals surface area (Å²) in [6.07, 6.45) is 3.60. The van der Waals surface area contributed by atoms with Crippen LogP contribution in [0.2, 0.25) is 0 Å². The number of likely N-dealkylation sites (tertiary alicyclic amines) is 1. The Kier molecular flexibility index (Phi) is 9.35. The molecule has 2 atom stereocenters. The van der Waals surface area contributed by atoms with E-state index in [1.165, 1.54) is 11.1 Å². The topological polar surface area (TPSA) is 124 Å². The third kappa shape index (κ3) is 6.78. The number of primary amides is 1. The molecule has 0 spiro atoms. The molecule has 5 rings (SSSR count). The average molecular weight is 595 g/mol. The normalized spacial score (nSPS) is 15.2.